The monoisotopic (exact) mass is 360 g/mol. The van der Waals surface area contributed by atoms with Gasteiger partial charge in [-0.3, -0.25) is 9.59 Å². The second kappa shape index (κ2) is 7.03. The van der Waals surface area contributed by atoms with Gasteiger partial charge in [0.05, 0.1) is 11.3 Å². The van der Waals surface area contributed by atoms with Gasteiger partial charge in [0.1, 0.15) is 5.70 Å². The first-order chi connectivity index (χ1) is 13.1. The highest BCUT2D eigenvalue weighted by atomic mass is 16.2. The van der Waals surface area contributed by atoms with Crippen molar-refractivity contribution in [3.8, 4) is 0 Å². The standard InChI is InChI=1S/C23H24N2O2/c1-16-11-12-19(15-17(16)2)25-22(26)20(18-9-5-3-6-10-18)21(23(25)27)24-13-7-4-8-14-24/h3,5-6,9-12,15H,4,7-8,13-14H2,1-2H3. The Kier molecular flexibility index (Phi) is 4.56. The molecule has 138 valence electrons. The van der Waals surface area contributed by atoms with Crippen LogP contribution in [0.4, 0.5) is 5.69 Å². The maximum Gasteiger partial charge on any atom is 0.282 e. The summed E-state index contributed by atoms with van der Waals surface area (Å²) in [5, 5.41) is 0. The van der Waals surface area contributed by atoms with Gasteiger partial charge < -0.3 is 4.90 Å². The van der Waals surface area contributed by atoms with E-state index in [0.717, 1.165) is 42.6 Å². The van der Waals surface area contributed by atoms with Gasteiger partial charge in [-0.15, -0.1) is 0 Å². The molecule has 0 N–H and O–H groups in total. The first-order valence-electron chi connectivity index (χ1n) is 9.58. The topological polar surface area (TPSA) is 40.6 Å². The molecule has 0 aromatic heterocycles. The molecule has 0 saturated carbocycles. The lowest BCUT2D eigenvalue weighted by Crippen LogP contribution is -2.37. The van der Waals surface area contributed by atoms with Gasteiger partial charge >= 0.3 is 0 Å². The summed E-state index contributed by atoms with van der Waals surface area (Å²) < 4.78 is 0. The lowest BCUT2D eigenvalue weighted by atomic mass is 10.0. The van der Waals surface area contributed by atoms with Crippen molar-refractivity contribution >= 4 is 23.1 Å². The van der Waals surface area contributed by atoms with Crippen molar-refractivity contribution in [2.45, 2.75) is 33.1 Å². The molecule has 0 radical (unpaired) electrons. The van der Waals surface area contributed by atoms with E-state index in [0.29, 0.717) is 17.0 Å². The summed E-state index contributed by atoms with van der Waals surface area (Å²) in [5.74, 6) is -0.431. The van der Waals surface area contributed by atoms with Gasteiger partial charge in [0.15, 0.2) is 0 Å². The number of likely N-dealkylation sites (tertiary alicyclic amines) is 1. The minimum atomic E-state index is -0.227. The average Bonchev–Trinajstić information content (AvgIpc) is 2.96. The van der Waals surface area contributed by atoms with Crippen molar-refractivity contribution in [1.29, 1.82) is 0 Å². The van der Waals surface area contributed by atoms with Crippen LogP contribution in [0.15, 0.2) is 54.2 Å². The highest BCUT2D eigenvalue weighted by Gasteiger charge is 2.42. The van der Waals surface area contributed by atoms with Crippen LogP contribution in [0, 0.1) is 13.8 Å². The summed E-state index contributed by atoms with van der Waals surface area (Å²) in [7, 11) is 0. The third-order valence-electron chi connectivity index (χ3n) is 5.54. The summed E-state index contributed by atoms with van der Waals surface area (Å²) in [6.07, 6.45) is 3.28. The van der Waals surface area contributed by atoms with Gasteiger partial charge in [-0.25, -0.2) is 4.90 Å². The second-order valence-corrected chi connectivity index (χ2v) is 7.35. The lowest BCUT2D eigenvalue weighted by molar-refractivity contribution is -0.120. The molecule has 0 unspecified atom stereocenters. The molecule has 0 aliphatic carbocycles. The van der Waals surface area contributed by atoms with Crippen LogP contribution in [0.1, 0.15) is 36.0 Å². The summed E-state index contributed by atoms with van der Waals surface area (Å²) >= 11 is 0. The Morgan fingerprint density at radius 1 is 0.778 bits per heavy atom. The maximum absolute atomic E-state index is 13.4. The number of carbonyl (C=O) groups is 2. The fourth-order valence-electron chi connectivity index (χ4n) is 3.89. The zero-order valence-electron chi connectivity index (χ0n) is 15.9. The highest BCUT2D eigenvalue weighted by molar-refractivity contribution is 6.45. The molecule has 2 aliphatic heterocycles. The van der Waals surface area contributed by atoms with Gasteiger partial charge in [0.25, 0.3) is 11.8 Å². The molecule has 4 heteroatoms. The van der Waals surface area contributed by atoms with E-state index in [1.807, 2.05) is 62.4 Å². The Bertz CT molecular complexity index is 925. The minimum absolute atomic E-state index is 0.205. The van der Waals surface area contributed by atoms with E-state index in [-0.39, 0.29) is 11.8 Å². The van der Waals surface area contributed by atoms with Crippen molar-refractivity contribution < 1.29 is 9.59 Å². The SMILES string of the molecule is Cc1ccc(N2C(=O)C(c3ccccc3)=C(N3CCCCC3)C2=O)cc1C. The normalized spacial score (nSPS) is 17.9. The van der Waals surface area contributed by atoms with E-state index in [9.17, 15) is 9.59 Å². The zero-order valence-corrected chi connectivity index (χ0v) is 15.9. The quantitative estimate of drug-likeness (QED) is 0.775. The predicted octanol–water partition coefficient (Wildman–Crippen LogP) is 4.07. The molecule has 4 nitrogen and oxygen atoms in total. The van der Waals surface area contributed by atoms with E-state index in [2.05, 4.69) is 4.90 Å². The zero-order chi connectivity index (χ0) is 19.0. The molecule has 27 heavy (non-hydrogen) atoms. The van der Waals surface area contributed by atoms with E-state index in [1.165, 1.54) is 11.3 Å². The molecule has 2 amide bonds. The van der Waals surface area contributed by atoms with Crippen LogP contribution in [0.3, 0.4) is 0 Å². The Morgan fingerprint density at radius 2 is 1.48 bits per heavy atom. The van der Waals surface area contributed by atoms with Crippen LogP contribution >= 0.6 is 0 Å². The van der Waals surface area contributed by atoms with Crippen molar-refractivity contribution in [3.05, 3.63) is 70.9 Å². The van der Waals surface area contributed by atoms with Gasteiger partial charge in [-0.1, -0.05) is 36.4 Å². The maximum atomic E-state index is 13.4. The molecular weight excluding hydrogens is 336 g/mol. The second-order valence-electron chi connectivity index (χ2n) is 7.35. The Morgan fingerprint density at radius 3 is 2.15 bits per heavy atom. The lowest BCUT2D eigenvalue weighted by Gasteiger charge is -2.29. The number of rotatable bonds is 3. The molecule has 0 spiro atoms. The van der Waals surface area contributed by atoms with Crippen molar-refractivity contribution in [3.63, 3.8) is 0 Å². The summed E-state index contributed by atoms with van der Waals surface area (Å²) in [4.78, 5) is 30.2. The van der Waals surface area contributed by atoms with Gasteiger partial charge in [-0.05, 0) is 61.9 Å². The van der Waals surface area contributed by atoms with Gasteiger partial charge in [0, 0.05) is 13.1 Å². The number of nitrogens with zero attached hydrogens (tertiary/aromatic N) is 2. The third kappa shape index (κ3) is 3.05. The molecule has 2 aromatic rings. The molecule has 2 aromatic carbocycles. The molecule has 4 rings (SSSR count). The van der Waals surface area contributed by atoms with Crippen molar-refractivity contribution in [1.82, 2.24) is 4.90 Å². The summed E-state index contributed by atoms with van der Waals surface area (Å²) in [6, 6.07) is 15.3. The van der Waals surface area contributed by atoms with Gasteiger partial charge in [0.2, 0.25) is 0 Å². The number of imide groups is 1. The van der Waals surface area contributed by atoms with E-state index >= 15 is 0 Å². The summed E-state index contributed by atoms with van der Waals surface area (Å²) in [5.41, 5.74) is 4.76. The van der Waals surface area contributed by atoms with Crippen LogP contribution in [-0.4, -0.2) is 29.8 Å². The number of piperidine rings is 1. The number of anilines is 1. The molecule has 0 atom stereocenters. The molecule has 2 aliphatic rings. The van der Waals surface area contributed by atoms with Crippen LogP contribution in [-0.2, 0) is 9.59 Å². The largest absolute Gasteiger partial charge is 0.366 e. The molecular formula is C23H24N2O2. The Balaban J connectivity index is 1.82. The van der Waals surface area contributed by atoms with E-state index in [4.69, 9.17) is 0 Å². The first kappa shape index (κ1) is 17.5. The predicted molar refractivity (Wildman–Crippen MR) is 107 cm³/mol. The Labute approximate surface area is 160 Å². The van der Waals surface area contributed by atoms with E-state index < -0.39 is 0 Å². The number of aryl methyl sites for hydroxylation is 2. The highest BCUT2D eigenvalue weighted by Crippen LogP contribution is 2.36. The van der Waals surface area contributed by atoms with Crippen LogP contribution in [0.5, 0.6) is 0 Å². The molecule has 1 saturated heterocycles. The van der Waals surface area contributed by atoms with Crippen molar-refractivity contribution in [2.75, 3.05) is 18.0 Å². The van der Waals surface area contributed by atoms with Crippen LogP contribution in [0.25, 0.3) is 5.57 Å². The fourth-order valence-corrected chi connectivity index (χ4v) is 3.89. The molecule has 0 bridgehead atoms. The van der Waals surface area contributed by atoms with Gasteiger partial charge in [-0.2, -0.15) is 0 Å². The number of hydrogen-bond donors (Lipinski definition) is 0. The summed E-state index contributed by atoms with van der Waals surface area (Å²) in [6.45, 7) is 5.68. The van der Waals surface area contributed by atoms with Crippen LogP contribution < -0.4 is 4.90 Å². The minimum Gasteiger partial charge on any atom is -0.366 e. The van der Waals surface area contributed by atoms with Crippen LogP contribution in [0.2, 0.25) is 0 Å². The average molecular weight is 360 g/mol. The van der Waals surface area contributed by atoms with Crippen molar-refractivity contribution in [2.24, 2.45) is 0 Å². The number of hydrogen-bond acceptors (Lipinski definition) is 3. The number of carbonyl (C=O) groups excluding carboxylic acids is 2. The number of benzene rings is 2. The molecule has 2 heterocycles. The fraction of sp³-hybridized carbons (Fsp3) is 0.304. The number of amides is 2. The molecule has 1 fully saturated rings. The van der Waals surface area contributed by atoms with E-state index in [1.54, 1.807) is 0 Å². The third-order valence-corrected chi connectivity index (χ3v) is 5.54. The Hall–Kier alpha value is -2.88. The smallest absolute Gasteiger partial charge is 0.282 e. The first-order valence-corrected chi connectivity index (χ1v) is 9.58.